The summed E-state index contributed by atoms with van der Waals surface area (Å²) >= 11 is 1.49. The Hall–Kier alpha value is -0.800. The summed E-state index contributed by atoms with van der Waals surface area (Å²) < 4.78 is 0. The monoisotopic (exact) mass is 403 g/mol. The van der Waals surface area contributed by atoms with Crippen molar-refractivity contribution in [2.75, 3.05) is 38.5 Å². The number of nitrogens with one attached hydrogen (secondary N) is 1. The van der Waals surface area contributed by atoms with Crippen LogP contribution in [0.5, 0.6) is 5.88 Å². The highest BCUT2D eigenvalue weighted by molar-refractivity contribution is 7.99. The van der Waals surface area contributed by atoms with Crippen LogP contribution in [0, 0.1) is 0 Å². The van der Waals surface area contributed by atoms with Crippen molar-refractivity contribution in [3.05, 3.63) is 15.9 Å². The lowest BCUT2D eigenvalue weighted by molar-refractivity contribution is -0.160. The normalized spacial score (nSPS) is 18.8. The van der Waals surface area contributed by atoms with Gasteiger partial charge in [0.2, 0.25) is 5.88 Å². The summed E-state index contributed by atoms with van der Waals surface area (Å²) in [4.78, 5) is 19.1. The molecule has 2 aliphatic heterocycles. The lowest BCUT2D eigenvalue weighted by Crippen LogP contribution is -2.52. The number of hydrogen-bond acceptors (Lipinski definition) is 7. The first-order valence-corrected chi connectivity index (χ1v) is 10.3. The Labute approximate surface area is 165 Å². The van der Waals surface area contributed by atoms with E-state index in [-0.39, 0.29) is 29.8 Å². The number of aromatic amines is 1. The largest absolute Gasteiger partial charge is 0.493 e. The first-order valence-electron chi connectivity index (χ1n) is 9.29. The minimum atomic E-state index is -0.235. The number of aromatic nitrogens is 2. The third-order valence-corrected chi connectivity index (χ3v) is 5.69. The number of thioether (sulfide) groups is 1. The fourth-order valence-electron chi connectivity index (χ4n) is 3.59. The van der Waals surface area contributed by atoms with E-state index in [9.17, 15) is 9.90 Å². The van der Waals surface area contributed by atoms with Gasteiger partial charge >= 0.3 is 0 Å². The Bertz CT molecular complexity index is 614. The highest BCUT2D eigenvalue weighted by Crippen LogP contribution is 2.23. The summed E-state index contributed by atoms with van der Waals surface area (Å²) in [5.41, 5.74) is 0.126. The standard InChI is InChI=1S/C17H29N5O2S.ClH/c1-13(2)14-15(23)18-17(19-16(14)24)25-12-11-22(20-7-3-4-8-20)21-9-5-6-10-21;/h13H,3-12H2,1-2H3,(H2,18,19,23,24);1H. The van der Waals surface area contributed by atoms with Crippen LogP contribution in [0.1, 0.15) is 51.0 Å². The second kappa shape index (κ2) is 9.94. The minimum absolute atomic E-state index is 0. The molecule has 0 aromatic carbocycles. The van der Waals surface area contributed by atoms with Crippen molar-refractivity contribution in [1.29, 1.82) is 0 Å². The molecule has 9 heteroatoms. The molecule has 148 valence electrons. The van der Waals surface area contributed by atoms with Crippen molar-refractivity contribution in [3.8, 4) is 5.88 Å². The molecule has 1 aromatic heterocycles. The molecule has 0 spiro atoms. The Morgan fingerprint density at radius 2 is 1.69 bits per heavy atom. The number of hydrazine groups is 2. The van der Waals surface area contributed by atoms with E-state index in [2.05, 4.69) is 25.1 Å². The van der Waals surface area contributed by atoms with Gasteiger partial charge in [-0.25, -0.2) is 10.0 Å². The highest BCUT2D eigenvalue weighted by Gasteiger charge is 2.27. The Morgan fingerprint density at radius 1 is 1.15 bits per heavy atom. The predicted molar refractivity (Wildman–Crippen MR) is 107 cm³/mol. The van der Waals surface area contributed by atoms with Gasteiger partial charge in [-0.3, -0.25) is 4.79 Å². The van der Waals surface area contributed by atoms with Gasteiger partial charge in [-0.05, 0) is 31.6 Å². The van der Waals surface area contributed by atoms with E-state index < -0.39 is 0 Å². The number of hydrogen-bond donors (Lipinski definition) is 2. The van der Waals surface area contributed by atoms with Gasteiger partial charge in [-0.1, -0.05) is 25.6 Å². The van der Waals surface area contributed by atoms with E-state index in [0.717, 1.165) is 38.5 Å². The fraction of sp³-hybridized carbons (Fsp3) is 0.765. The average Bonchev–Trinajstić information content (AvgIpc) is 3.24. The molecule has 0 saturated carbocycles. The van der Waals surface area contributed by atoms with Crippen molar-refractivity contribution < 1.29 is 5.11 Å². The average molecular weight is 404 g/mol. The van der Waals surface area contributed by atoms with Crippen LogP contribution in [-0.2, 0) is 0 Å². The summed E-state index contributed by atoms with van der Waals surface area (Å²) in [6, 6.07) is 0. The predicted octanol–water partition coefficient (Wildman–Crippen LogP) is 2.44. The maximum Gasteiger partial charge on any atom is 0.258 e. The summed E-state index contributed by atoms with van der Waals surface area (Å²) in [5.74, 6) is 0.629. The Balaban J connectivity index is 0.00000243. The van der Waals surface area contributed by atoms with E-state index in [1.165, 1.54) is 37.4 Å². The van der Waals surface area contributed by atoms with Crippen molar-refractivity contribution in [1.82, 2.24) is 25.1 Å². The third-order valence-electron chi connectivity index (χ3n) is 4.84. The zero-order valence-electron chi connectivity index (χ0n) is 15.6. The molecule has 26 heavy (non-hydrogen) atoms. The van der Waals surface area contributed by atoms with Gasteiger partial charge in [0.05, 0.1) is 5.56 Å². The van der Waals surface area contributed by atoms with Crippen LogP contribution >= 0.6 is 24.2 Å². The van der Waals surface area contributed by atoms with Crippen molar-refractivity contribution >= 4 is 24.2 Å². The second-order valence-electron chi connectivity index (χ2n) is 7.03. The maximum absolute atomic E-state index is 12.1. The Morgan fingerprint density at radius 3 is 2.15 bits per heavy atom. The molecule has 0 radical (unpaired) electrons. The van der Waals surface area contributed by atoms with Crippen LogP contribution in [-0.4, -0.2) is 68.7 Å². The molecule has 0 amide bonds. The van der Waals surface area contributed by atoms with Gasteiger partial charge in [0.15, 0.2) is 5.16 Å². The summed E-state index contributed by atoms with van der Waals surface area (Å²) in [6.07, 6.45) is 5.04. The van der Waals surface area contributed by atoms with Gasteiger partial charge in [0, 0.05) is 38.5 Å². The van der Waals surface area contributed by atoms with Crippen LogP contribution in [0.25, 0.3) is 0 Å². The smallest absolute Gasteiger partial charge is 0.258 e. The molecular weight excluding hydrogens is 374 g/mol. The molecule has 3 rings (SSSR count). The molecule has 0 aliphatic carbocycles. The van der Waals surface area contributed by atoms with Gasteiger partial charge < -0.3 is 10.1 Å². The molecule has 0 bridgehead atoms. The van der Waals surface area contributed by atoms with Gasteiger partial charge in [0.25, 0.3) is 5.56 Å². The molecule has 0 atom stereocenters. The number of H-pyrrole nitrogens is 1. The van der Waals surface area contributed by atoms with E-state index in [1.54, 1.807) is 0 Å². The lowest BCUT2D eigenvalue weighted by atomic mass is 10.1. The van der Waals surface area contributed by atoms with Crippen LogP contribution in [0.15, 0.2) is 9.95 Å². The van der Waals surface area contributed by atoms with Crippen LogP contribution in [0.3, 0.4) is 0 Å². The maximum atomic E-state index is 12.1. The number of aromatic hydroxyl groups is 1. The third kappa shape index (κ3) is 5.13. The van der Waals surface area contributed by atoms with Crippen molar-refractivity contribution in [3.63, 3.8) is 0 Å². The van der Waals surface area contributed by atoms with Crippen molar-refractivity contribution in [2.45, 2.75) is 50.6 Å². The summed E-state index contributed by atoms with van der Waals surface area (Å²) in [5, 5.41) is 17.8. The minimum Gasteiger partial charge on any atom is -0.493 e. The Kier molecular flexibility index (Phi) is 8.22. The van der Waals surface area contributed by atoms with Gasteiger partial charge in [-0.15, -0.1) is 12.4 Å². The van der Waals surface area contributed by atoms with E-state index in [1.807, 2.05) is 13.8 Å². The first-order chi connectivity index (χ1) is 12.1. The van der Waals surface area contributed by atoms with E-state index in [0.29, 0.717) is 10.7 Å². The SMILES string of the molecule is CC(C)c1c(O)nc(SCCN(N2CCCC2)N2CCCC2)[nH]c1=O.Cl. The summed E-state index contributed by atoms with van der Waals surface area (Å²) in [6.45, 7) is 9.15. The molecule has 3 heterocycles. The molecule has 2 fully saturated rings. The molecule has 0 unspecified atom stereocenters. The molecule has 7 nitrogen and oxygen atoms in total. The van der Waals surface area contributed by atoms with E-state index >= 15 is 0 Å². The molecule has 2 aliphatic rings. The fourth-order valence-corrected chi connectivity index (χ4v) is 4.35. The zero-order chi connectivity index (χ0) is 17.8. The molecule has 2 saturated heterocycles. The highest BCUT2D eigenvalue weighted by atomic mass is 35.5. The molecular formula is C17H30ClN5O2S. The second-order valence-corrected chi connectivity index (χ2v) is 8.11. The number of rotatable bonds is 7. The first kappa shape index (κ1) is 21.5. The zero-order valence-corrected chi connectivity index (χ0v) is 17.2. The topological polar surface area (TPSA) is 75.7 Å². The van der Waals surface area contributed by atoms with Crippen LogP contribution < -0.4 is 5.56 Å². The van der Waals surface area contributed by atoms with Crippen LogP contribution in [0.4, 0.5) is 0 Å². The van der Waals surface area contributed by atoms with Gasteiger partial charge in [-0.2, -0.15) is 10.1 Å². The van der Waals surface area contributed by atoms with Gasteiger partial charge in [0.1, 0.15) is 0 Å². The number of halogens is 1. The van der Waals surface area contributed by atoms with E-state index in [4.69, 9.17) is 0 Å². The summed E-state index contributed by atoms with van der Waals surface area (Å²) in [7, 11) is 0. The van der Waals surface area contributed by atoms with Crippen molar-refractivity contribution in [2.24, 2.45) is 0 Å². The lowest BCUT2D eigenvalue weighted by Gasteiger charge is -2.38. The quantitative estimate of drug-likeness (QED) is 0.534. The number of nitrogens with zero attached hydrogens (tertiary/aromatic N) is 4. The molecule has 1 aromatic rings. The molecule has 2 N–H and O–H groups in total. The van der Waals surface area contributed by atoms with Crippen LogP contribution in [0.2, 0.25) is 0 Å².